The van der Waals surface area contributed by atoms with Gasteiger partial charge in [0.15, 0.2) is 11.0 Å². The largest absolute Gasteiger partial charge is 0.381 e. The third-order valence-corrected chi connectivity index (χ3v) is 6.30. The zero-order chi connectivity index (χ0) is 21.4. The lowest BCUT2D eigenvalue weighted by Gasteiger charge is -2.32. The van der Waals surface area contributed by atoms with Crippen LogP contribution in [0.1, 0.15) is 30.0 Å². The van der Waals surface area contributed by atoms with Crippen molar-refractivity contribution in [1.29, 1.82) is 0 Å². The number of nitrogens with zero attached hydrogens (tertiary/aromatic N) is 3. The third-order valence-electron chi connectivity index (χ3n) is 6.03. The Morgan fingerprint density at radius 3 is 2.74 bits per heavy atom. The summed E-state index contributed by atoms with van der Waals surface area (Å²) in [6.07, 6.45) is 4.59. The topological polar surface area (TPSA) is 57.0 Å². The first kappa shape index (κ1) is 20.1. The van der Waals surface area contributed by atoms with Crippen LogP contribution in [-0.2, 0) is 16.0 Å². The lowest BCUT2D eigenvalue weighted by molar-refractivity contribution is -0.107. The van der Waals surface area contributed by atoms with Gasteiger partial charge >= 0.3 is 0 Å². The van der Waals surface area contributed by atoms with E-state index in [1.54, 1.807) is 6.20 Å². The molecule has 1 aromatic carbocycles. The Balaban J connectivity index is 1.84. The first-order valence-corrected chi connectivity index (χ1v) is 10.8. The molecule has 7 heteroatoms. The fraction of sp³-hybridized carbons (Fsp3) is 0.292. The van der Waals surface area contributed by atoms with Crippen LogP contribution in [0.25, 0.3) is 22.1 Å². The number of carbonyl (C=O) groups is 1. The molecule has 0 saturated carbocycles. The number of hydrogen-bond donors (Lipinski definition) is 0. The van der Waals surface area contributed by atoms with E-state index < -0.39 is 5.82 Å². The lowest BCUT2D eigenvalue weighted by Crippen LogP contribution is -2.27. The van der Waals surface area contributed by atoms with Gasteiger partial charge in [0, 0.05) is 31.2 Å². The molecule has 3 aromatic heterocycles. The molecule has 0 N–H and O–H groups in total. The summed E-state index contributed by atoms with van der Waals surface area (Å²) in [5.41, 5.74) is 4.01. The second kappa shape index (κ2) is 8.36. The highest BCUT2D eigenvalue weighted by Gasteiger charge is 2.31. The molecule has 158 valence electrons. The number of fused-ring (bicyclic) bond motifs is 3. The number of aromatic nitrogens is 3. The summed E-state index contributed by atoms with van der Waals surface area (Å²) in [5.74, 6) is -0.274. The Morgan fingerprint density at radius 2 is 2.00 bits per heavy atom. The smallest absolute Gasteiger partial charge is 0.167 e. The van der Waals surface area contributed by atoms with E-state index in [0.29, 0.717) is 35.7 Å². The summed E-state index contributed by atoms with van der Waals surface area (Å²) in [4.78, 5) is 20.2. The molecule has 0 bridgehead atoms. The van der Waals surface area contributed by atoms with E-state index in [1.807, 2.05) is 24.3 Å². The number of rotatable bonds is 5. The van der Waals surface area contributed by atoms with Crippen molar-refractivity contribution < 1.29 is 13.9 Å². The van der Waals surface area contributed by atoms with Gasteiger partial charge in [0.1, 0.15) is 11.9 Å². The van der Waals surface area contributed by atoms with Crippen LogP contribution in [0, 0.1) is 11.7 Å². The molecule has 1 aliphatic rings. The first-order valence-electron chi connectivity index (χ1n) is 10.4. The van der Waals surface area contributed by atoms with Gasteiger partial charge in [-0.25, -0.2) is 9.37 Å². The van der Waals surface area contributed by atoms with Crippen molar-refractivity contribution in [3.63, 3.8) is 0 Å². The van der Waals surface area contributed by atoms with Gasteiger partial charge in [0.2, 0.25) is 0 Å². The van der Waals surface area contributed by atoms with Gasteiger partial charge in [0.05, 0.1) is 17.1 Å². The molecule has 4 aromatic rings. The minimum Gasteiger partial charge on any atom is -0.381 e. The van der Waals surface area contributed by atoms with Crippen molar-refractivity contribution in [3.8, 4) is 0 Å². The Bertz CT molecular complexity index is 1250. The summed E-state index contributed by atoms with van der Waals surface area (Å²) < 4.78 is 22.1. The maximum absolute atomic E-state index is 14.4. The zero-order valence-corrected chi connectivity index (χ0v) is 17.6. The maximum Gasteiger partial charge on any atom is 0.167 e. The summed E-state index contributed by atoms with van der Waals surface area (Å²) in [5, 5.41) is 0.450. The van der Waals surface area contributed by atoms with Crippen LogP contribution < -0.4 is 0 Å². The number of benzene rings is 1. The van der Waals surface area contributed by atoms with Gasteiger partial charge in [0.25, 0.3) is 0 Å². The lowest BCUT2D eigenvalue weighted by atomic mass is 9.86. The predicted molar refractivity (Wildman–Crippen MR) is 118 cm³/mol. The molecule has 31 heavy (non-hydrogen) atoms. The quantitative estimate of drug-likeness (QED) is 0.320. The molecule has 1 saturated heterocycles. The van der Waals surface area contributed by atoms with E-state index in [0.717, 1.165) is 35.8 Å². The third kappa shape index (κ3) is 3.60. The molecule has 1 aliphatic heterocycles. The summed E-state index contributed by atoms with van der Waals surface area (Å²) in [6, 6.07) is 13.5. The monoisotopic (exact) mass is 437 g/mol. The zero-order valence-electron chi connectivity index (χ0n) is 16.8. The minimum absolute atomic E-state index is 0.0487. The van der Waals surface area contributed by atoms with Crippen molar-refractivity contribution in [2.75, 3.05) is 13.2 Å². The molecule has 0 aliphatic carbocycles. The average molecular weight is 438 g/mol. The molecule has 1 fully saturated rings. The van der Waals surface area contributed by atoms with Crippen molar-refractivity contribution >= 4 is 40.0 Å². The van der Waals surface area contributed by atoms with Gasteiger partial charge in [-0.3, -0.25) is 4.98 Å². The Hall–Kier alpha value is -2.83. The molecule has 1 atom stereocenters. The van der Waals surface area contributed by atoms with E-state index in [2.05, 4.69) is 26.7 Å². The summed E-state index contributed by atoms with van der Waals surface area (Å²) >= 11 is 6.12. The van der Waals surface area contributed by atoms with Gasteiger partial charge in [-0.1, -0.05) is 41.9 Å². The minimum atomic E-state index is -0.575. The van der Waals surface area contributed by atoms with Gasteiger partial charge in [-0.15, -0.1) is 0 Å². The van der Waals surface area contributed by atoms with Gasteiger partial charge < -0.3 is 14.1 Å². The molecular weight excluding hydrogens is 417 g/mol. The summed E-state index contributed by atoms with van der Waals surface area (Å²) in [7, 11) is 0. The van der Waals surface area contributed by atoms with Crippen molar-refractivity contribution in [1.82, 2.24) is 14.5 Å². The molecule has 0 spiro atoms. The molecule has 0 unspecified atom stereocenters. The molecule has 5 nitrogen and oxygen atoms in total. The van der Waals surface area contributed by atoms with E-state index in [-0.39, 0.29) is 17.6 Å². The van der Waals surface area contributed by atoms with E-state index in [4.69, 9.17) is 16.3 Å². The highest BCUT2D eigenvalue weighted by Crippen LogP contribution is 2.40. The van der Waals surface area contributed by atoms with Crippen LogP contribution in [0.5, 0.6) is 0 Å². The number of halogens is 2. The number of pyridine rings is 2. The van der Waals surface area contributed by atoms with Crippen LogP contribution >= 0.6 is 11.6 Å². The van der Waals surface area contributed by atoms with Gasteiger partial charge in [-0.05, 0) is 42.0 Å². The molecule has 4 heterocycles. The number of hydrogen-bond acceptors (Lipinski definition) is 4. The van der Waals surface area contributed by atoms with Crippen molar-refractivity contribution in [2.24, 2.45) is 5.92 Å². The van der Waals surface area contributed by atoms with Crippen LogP contribution in [0.2, 0.25) is 5.15 Å². The van der Waals surface area contributed by atoms with Crippen molar-refractivity contribution in [3.05, 3.63) is 70.8 Å². The van der Waals surface area contributed by atoms with E-state index in [1.165, 1.54) is 6.07 Å². The SMILES string of the molecule is O=CCc1cnc2c3cc(F)c(Cl)nc3n([C@H](c3ccccc3)C3CCOCC3)c2c1. The second-order valence-corrected chi connectivity index (χ2v) is 8.25. The standard InChI is InChI=1S/C24H21ClFN3O2/c25-23-19(26)13-18-21-20(12-15(6-9-30)14-27-21)29(24(18)28-23)22(16-4-2-1-3-5-16)17-7-10-31-11-8-17/h1-5,9,12-14,17,22H,6-8,10-11H2/t22-/m1/s1. The van der Waals surface area contributed by atoms with E-state index in [9.17, 15) is 9.18 Å². The first-order chi connectivity index (χ1) is 15.2. The Kier molecular flexibility index (Phi) is 5.42. The van der Waals surface area contributed by atoms with E-state index >= 15 is 0 Å². The number of carbonyl (C=O) groups excluding carboxylic acids is 1. The number of ether oxygens (including phenoxy) is 1. The second-order valence-electron chi connectivity index (χ2n) is 7.89. The van der Waals surface area contributed by atoms with Crippen LogP contribution in [-0.4, -0.2) is 34.0 Å². The highest BCUT2D eigenvalue weighted by molar-refractivity contribution is 6.30. The van der Waals surface area contributed by atoms with Crippen molar-refractivity contribution in [2.45, 2.75) is 25.3 Å². The highest BCUT2D eigenvalue weighted by atomic mass is 35.5. The van der Waals surface area contributed by atoms with Crippen LogP contribution in [0.4, 0.5) is 4.39 Å². The van der Waals surface area contributed by atoms with Crippen LogP contribution in [0.15, 0.2) is 48.7 Å². The molecule has 0 radical (unpaired) electrons. The summed E-state index contributed by atoms with van der Waals surface area (Å²) in [6.45, 7) is 1.39. The Labute approximate surface area is 183 Å². The molecular formula is C24H21ClFN3O2. The molecule has 5 rings (SSSR count). The fourth-order valence-corrected chi connectivity index (χ4v) is 4.75. The average Bonchev–Trinajstić information content (AvgIpc) is 3.09. The maximum atomic E-state index is 14.4. The Morgan fingerprint density at radius 1 is 1.23 bits per heavy atom. The van der Waals surface area contributed by atoms with Crippen LogP contribution in [0.3, 0.4) is 0 Å². The molecule has 0 amide bonds. The fourth-order valence-electron chi connectivity index (χ4n) is 4.62. The van der Waals surface area contributed by atoms with Gasteiger partial charge in [-0.2, -0.15) is 0 Å². The normalized spacial score (nSPS) is 16.1. The predicted octanol–water partition coefficient (Wildman–Crippen LogP) is 5.13. The number of aldehydes is 1.